The third kappa shape index (κ3) is 3.52. The lowest BCUT2D eigenvalue weighted by atomic mass is 9.92. The number of nitrogens with one attached hydrogen (secondary N) is 1. The number of nitrogens with zero attached hydrogens (tertiary/aromatic N) is 2. The van der Waals surface area contributed by atoms with Crippen LogP contribution in [0.25, 0.3) is 10.9 Å². The van der Waals surface area contributed by atoms with Gasteiger partial charge in [0.2, 0.25) is 5.91 Å². The third-order valence-corrected chi connectivity index (χ3v) is 6.51. The molecule has 1 aromatic heterocycles. The number of para-hydroxylation sites is 1. The highest BCUT2D eigenvalue weighted by molar-refractivity contribution is 6.14. The van der Waals surface area contributed by atoms with E-state index < -0.39 is 5.54 Å². The van der Waals surface area contributed by atoms with E-state index in [1.54, 1.807) is 4.90 Å². The van der Waals surface area contributed by atoms with E-state index in [-0.39, 0.29) is 11.8 Å². The van der Waals surface area contributed by atoms with E-state index in [9.17, 15) is 9.59 Å². The Morgan fingerprint density at radius 1 is 1.13 bits per heavy atom. The van der Waals surface area contributed by atoms with Crippen molar-refractivity contribution in [3.8, 4) is 0 Å². The average molecular weight is 418 g/mol. The molecule has 0 saturated carbocycles. The van der Waals surface area contributed by atoms with Crippen molar-refractivity contribution in [2.75, 3.05) is 11.4 Å². The number of benzene rings is 2. The van der Waals surface area contributed by atoms with Crippen LogP contribution >= 0.6 is 0 Å². The molecule has 5 nitrogen and oxygen atoms in total. The van der Waals surface area contributed by atoms with Crippen molar-refractivity contribution in [3.05, 3.63) is 65.4 Å². The van der Waals surface area contributed by atoms with Crippen LogP contribution in [-0.4, -0.2) is 28.5 Å². The van der Waals surface area contributed by atoms with Crippen molar-refractivity contribution in [2.24, 2.45) is 5.92 Å². The summed E-state index contributed by atoms with van der Waals surface area (Å²) in [4.78, 5) is 29.2. The number of rotatable bonds is 5. The van der Waals surface area contributed by atoms with Gasteiger partial charge in [-0.25, -0.2) is 0 Å². The van der Waals surface area contributed by atoms with Gasteiger partial charge in [-0.05, 0) is 62.4 Å². The van der Waals surface area contributed by atoms with Gasteiger partial charge >= 0.3 is 0 Å². The predicted octanol–water partition coefficient (Wildman–Crippen LogP) is 4.84. The second-order valence-corrected chi connectivity index (χ2v) is 9.25. The first kappa shape index (κ1) is 21.2. The number of fused-ring (bicyclic) bond motifs is 3. The molecule has 162 valence electrons. The van der Waals surface area contributed by atoms with Crippen LogP contribution < -0.4 is 10.2 Å². The van der Waals surface area contributed by atoms with Crippen molar-refractivity contribution in [2.45, 2.75) is 53.1 Å². The van der Waals surface area contributed by atoms with Gasteiger partial charge in [0, 0.05) is 23.1 Å². The molecule has 2 aromatic carbocycles. The van der Waals surface area contributed by atoms with Crippen LogP contribution in [0.2, 0.25) is 0 Å². The van der Waals surface area contributed by atoms with Gasteiger partial charge in [0.1, 0.15) is 11.2 Å². The lowest BCUT2D eigenvalue weighted by molar-refractivity contribution is -0.126. The number of aryl methyl sites for hydroxylation is 1. The number of anilines is 1. The maximum Gasteiger partial charge on any atom is 0.275 e. The molecule has 1 aliphatic heterocycles. The summed E-state index contributed by atoms with van der Waals surface area (Å²) in [5.41, 5.74) is 3.47. The van der Waals surface area contributed by atoms with E-state index in [1.165, 1.54) is 0 Å². The Morgan fingerprint density at radius 2 is 1.87 bits per heavy atom. The Bertz CT molecular complexity index is 1160. The Hall–Kier alpha value is -3.08. The topological polar surface area (TPSA) is 54.3 Å². The summed E-state index contributed by atoms with van der Waals surface area (Å²) in [6, 6.07) is 15.8. The van der Waals surface area contributed by atoms with Gasteiger partial charge in [-0.1, -0.05) is 44.2 Å². The predicted molar refractivity (Wildman–Crippen MR) is 126 cm³/mol. The first-order valence-corrected chi connectivity index (χ1v) is 11.0. The van der Waals surface area contributed by atoms with Crippen LogP contribution in [0.15, 0.2) is 48.5 Å². The van der Waals surface area contributed by atoms with Gasteiger partial charge < -0.3 is 9.88 Å². The molecule has 2 amide bonds. The van der Waals surface area contributed by atoms with Gasteiger partial charge in [-0.3, -0.25) is 14.5 Å². The van der Waals surface area contributed by atoms with Crippen molar-refractivity contribution < 1.29 is 9.59 Å². The molecule has 0 saturated heterocycles. The molecule has 0 spiro atoms. The van der Waals surface area contributed by atoms with E-state index in [0.29, 0.717) is 24.7 Å². The molecular weight excluding hydrogens is 386 g/mol. The van der Waals surface area contributed by atoms with Gasteiger partial charge in [0.05, 0.1) is 6.54 Å². The normalized spacial score (nSPS) is 18.5. The number of carbonyl (C=O) groups is 2. The molecule has 0 unspecified atom stereocenters. The maximum absolute atomic E-state index is 13.9. The van der Waals surface area contributed by atoms with Crippen molar-refractivity contribution in [3.63, 3.8) is 0 Å². The zero-order valence-corrected chi connectivity index (χ0v) is 19.0. The van der Waals surface area contributed by atoms with E-state index in [0.717, 1.165) is 34.1 Å². The molecule has 1 aliphatic rings. The standard InChI is InChI=1S/C26H31N3O2/c1-17(2)13-14-27-25(31)26(5)16-28-22-11-7-6-10-20(22)15-23(28)24(30)29(26)21-12-8-9-18(3)19(21)4/h6-12,15,17H,13-14,16H2,1-5H3,(H,27,31)/t26-/m1/s1. The van der Waals surface area contributed by atoms with E-state index in [4.69, 9.17) is 0 Å². The van der Waals surface area contributed by atoms with Crippen molar-refractivity contribution in [1.82, 2.24) is 9.88 Å². The number of amides is 2. The monoisotopic (exact) mass is 417 g/mol. The van der Waals surface area contributed by atoms with Gasteiger partial charge in [0.25, 0.3) is 5.91 Å². The third-order valence-electron chi connectivity index (χ3n) is 6.51. The van der Waals surface area contributed by atoms with Gasteiger partial charge in [0.15, 0.2) is 0 Å². The molecule has 31 heavy (non-hydrogen) atoms. The summed E-state index contributed by atoms with van der Waals surface area (Å²) < 4.78 is 2.00. The fourth-order valence-corrected chi connectivity index (χ4v) is 4.47. The number of hydrogen-bond acceptors (Lipinski definition) is 2. The Labute approximate surface area is 184 Å². The molecule has 5 heteroatoms. The summed E-state index contributed by atoms with van der Waals surface area (Å²) in [7, 11) is 0. The highest BCUT2D eigenvalue weighted by Gasteiger charge is 2.48. The summed E-state index contributed by atoms with van der Waals surface area (Å²) in [5, 5.41) is 4.11. The molecule has 1 N–H and O–H groups in total. The minimum atomic E-state index is -1.04. The minimum Gasteiger partial charge on any atom is -0.354 e. The van der Waals surface area contributed by atoms with E-state index in [2.05, 4.69) is 19.2 Å². The fourth-order valence-electron chi connectivity index (χ4n) is 4.47. The highest BCUT2D eigenvalue weighted by Crippen LogP contribution is 2.37. The van der Waals surface area contributed by atoms with Gasteiger partial charge in [-0.15, -0.1) is 0 Å². The van der Waals surface area contributed by atoms with E-state index >= 15 is 0 Å². The Balaban J connectivity index is 1.85. The van der Waals surface area contributed by atoms with Crippen molar-refractivity contribution >= 4 is 28.4 Å². The first-order valence-electron chi connectivity index (χ1n) is 11.0. The van der Waals surface area contributed by atoms with Crippen LogP contribution in [0.5, 0.6) is 0 Å². The molecule has 0 bridgehead atoms. The summed E-state index contributed by atoms with van der Waals surface area (Å²) in [6.07, 6.45) is 0.900. The largest absolute Gasteiger partial charge is 0.354 e. The molecule has 3 aromatic rings. The molecule has 0 fully saturated rings. The van der Waals surface area contributed by atoms with Crippen LogP contribution in [0.4, 0.5) is 5.69 Å². The Kier molecular flexibility index (Phi) is 5.38. The van der Waals surface area contributed by atoms with Crippen LogP contribution in [0, 0.1) is 19.8 Å². The second kappa shape index (κ2) is 7.88. The molecule has 0 aliphatic carbocycles. The maximum atomic E-state index is 13.9. The lowest BCUT2D eigenvalue weighted by Gasteiger charge is -2.44. The SMILES string of the molecule is Cc1cccc(N2C(=O)c3cc4ccccc4n3C[C@]2(C)C(=O)NCCC(C)C)c1C. The zero-order valence-electron chi connectivity index (χ0n) is 19.0. The summed E-state index contributed by atoms with van der Waals surface area (Å²) >= 11 is 0. The second-order valence-electron chi connectivity index (χ2n) is 9.25. The van der Waals surface area contributed by atoms with Gasteiger partial charge in [-0.2, -0.15) is 0 Å². The molecule has 4 rings (SSSR count). The van der Waals surface area contributed by atoms with Crippen LogP contribution in [0.1, 0.15) is 48.8 Å². The highest BCUT2D eigenvalue weighted by atomic mass is 16.2. The lowest BCUT2D eigenvalue weighted by Crippen LogP contribution is -2.64. The number of aromatic nitrogens is 1. The number of carbonyl (C=O) groups excluding carboxylic acids is 2. The van der Waals surface area contributed by atoms with Crippen molar-refractivity contribution in [1.29, 1.82) is 0 Å². The Morgan fingerprint density at radius 3 is 2.61 bits per heavy atom. The smallest absolute Gasteiger partial charge is 0.275 e. The summed E-state index contributed by atoms with van der Waals surface area (Å²) in [6.45, 7) is 11.2. The molecule has 1 atom stereocenters. The molecule has 0 radical (unpaired) electrons. The summed E-state index contributed by atoms with van der Waals surface area (Å²) in [5.74, 6) is 0.236. The molecular formula is C26H31N3O2. The zero-order chi connectivity index (χ0) is 22.3. The number of hydrogen-bond donors (Lipinski definition) is 1. The average Bonchev–Trinajstić information content (AvgIpc) is 3.09. The van der Waals surface area contributed by atoms with E-state index in [1.807, 2.05) is 73.9 Å². The van der Waals surface area contributed by atoms with Crippen LogP contribution in [0.3, 0.4) is 0 Å². The molecule has 2 heterocycles. The first-order chi connectivity index (χ1) is 14.7. The minimum absolute atomic E-state index is 0.120. The van der Waals surface area contributed by atoms with Crippen LogP contribution in [-0.2, 0) is 11.3 Å². The quantitative estimate of drug-likeness (QED) is 0.646. The fraction of sp³-hybridized carbons (Fsp3) is 0.385.